The largest absolute Gasteiger partial charge is 0.481 e. The molecule has 1 aliphatic carbocycles. The lowest BCUT2D eigenvalue weighted by Gasteiger charge is -2.31. The Morgan fingerprint density at radius 2 is 1.70 bits per heavy atom. The molecule has 0 aliphatic heterocycles. The Hall–Kier alpha value is -3.14. The molecular formula is C30H46N2O8. The summed E-state index contributed by atoms with van der Waals surface area (Å²) in [7, 11) is 0. The van der Waals surface area contributed by atoms with Crippen LogP contribution in [0.25, 0.3) is 0 Å². The second kappa shape index (κ2) is 16.8. The molecule has 224 valence electrons. The highest BCUT2D eigenvalue weighted by atomic mass is 16.6. The summed E-state index contributed by atoms with van der Waals surface area (Å²) in [5, 5.41) is 25.3. The number of carboxylic acid groups (broad SMARTS) is 1. The smallest absolute Gasteiger partial charge is 0.407 e. The maximum atomic E-state index is 12.9. The van der Waals surface area contributed by atoms with E-state index in [1.54, 1.807) is 20.8 Å². The molecule has 0 saturated heterocycles. The van der Waals surface area contributed by atoms with Crippen LogP contribution in [0.15, 0.2) is 30.3 Å². The molecule has 40 heavy (non-hydrogen) atoms. The minimum Gasteiger partial charge on any atom is -0.481 e. The number of aryl methyl sites for hydroxylation is 1. The maximum Gasteiger partial charge on any atom is 0.407 e. The first-order chi connectivity index (χ1) is 18.9. The van der Waals surface area contributed by atoms with Gasteiger partial charge in [-0.1, -0.05) is 62.4 Å². The van der Waals surface area contributed by atoms with Gasteiger partial charge in [-0.2, -0.15) is 0 Å². The topological polar surface area (TPSA) is 151 Å². The first-order valence-electron chi connectivity index (χ1n) is 14.3. The van der Waals surface area contributed by atoms with Gasteiger partial charge in [-0.05, 0) is 57.9 Å². The van der Waals surface area contributed by atoms with Crippen molar-refractivity contribution in [2.24, 2.45) is 5.92 Å². The molecule has 1 aliphatic rings. The molecule has 0 bridgehead atoms. The summed E-state index contributed by atoms with van der Waals surface area (Å²) in [6.45, 7) is 5.35. The number of aliphatic hydroxyl groups is 1. The number of benzene rings is 1. The van der Waals surface area contributed by atoms with Crippen molar-refractivity contribution in [3.63, 3.8) is 0 Å². The summed E-state index contributed by atoms with van der Waals surface area (Å²) in [4.78, 5) is 49.2. The Labute approximate surface area is 237 Å². The van der Waals surface area contributed by atoms with Crippen LogP contribution >= 0.6 is 0 Å². The number of carboxylic acids is 1. The van der Waals surface area contributed by atoms with Crippen LogP contribution in [0.1, 0.15) is 90.5 Å². The highest BCUT2D eigenvalue weighted by molar-refractivity contribution is 5.85. The summed E-state index contributed by atoms with van der Waals surface area (Å²) >= 11 is 0. The molecule has 0 heterocycles. The average Bonchev–Trinajstić information content (AvgIpc) is 2.88. The SMILES string of the molecule is CC(C)(C)OC(=O)NC(CC1CCCCC1)C(O)CC(=O)N[C@@H](CCC(=O)O)C(=O)OCCCc1ccccc1. The van der Waals surface area contributed by atoms with Crippen LogP contribution in [0.5, 0.6) is 0 Å². The number of rotatable bonds is 15. The average molecular weight is 563 g/mol. The molecule has 1 fully saturated rings. The van der Waals surface area contributed by atoms with E-state index in [4.69, 9.17) is 14.6 Å². The van der Waals surface area contributed by atoms with Crippen LogP contribution in [0.4, 0.5) is 4.79 Å². The van der Waals surface area contributed by atoms with Crippen molar-refractivity contribution in [1.82, 2.24) is 10.6 Å². The van der Waals surface area contributed by atoms with Crippen LogP contribution in [0.3, 0.4) is 0 Å². The number of aliphatic hydroxyl groups excluding tert-OH is 1. The van der Waals surface area contributed by atoms with Crippen molar-refractivity contribution in [3.05, 3.63) is 35.9 Å². The van der Waals surface area contributed by atoms with Gasteiger partial charge in [0.15, 0.2) is 0 Å². The molecule has 0 aromatic heterocycles. The van der Waals surface area contributed by atoms with Gasteiger partial charge in [-0.15, -0.1) is 0 Å². The van der Waals surface area contributed by atoms with Gasteiger partial charge in [0.2, 0.25) is 5.91 Å². The predicted octanol–water partition coefficient (Wildman–Crippen LogP) is 4.13. The maximum absolute atomic E-state index is 12.9. The standard InChI is InChI=1S/C30H46N2O8/c1-30(2,3)40-29(38)32-24(19-22-13-8-5-9-14-22)25(33)20-26(34)31-23(16-17-27(35)36)28(37)39-18-10-15-21-11-6-4-7-12-21/h4,6-7,11-12,22-25,33H,5,8-10,13-20H2,1-3H3,(H,31,34)(H,32,38)(H,35,36)/t23-,24?,25?/m0/s1. The van der Waals surface area contributed by atoms with E-state index < -0.39 is 47.7 Å². The van der Waals surface area contributed by atoms with Crippen molar-refractivity contribution in [3.8, 4) is 0 Å². The molecule has 1 saturated carbocycles. The molecule has 10 heteroatoms. The van der Waals surface area contributed by atoms with Gasteiger partial charge in [0.25, 0.3) is 0 Å². The Morgan fingerprint density at radius 1 is 1.02 bits per heavy atom. The van der Waals surface area contributed by atoms with Crippen LogP contribution < -0.4 is 10.6 Å². The molecule has 3 atom stereocenters. The van der Waals surface area contributed by atoms with E-state index in [1.807, 2.05) is 30.3 Å². The fourth-order valence-electron chi connectivity index (χ4n) is 4.85. The quantitative estimate of drug-likeness (QED) is 0.184. The Bertz CT molecular complexity index is 941. The van der Waals surface area contributed by atoms with E-state index in [-0.39, 0.29) is 25.9 Å². The summed E-state index contributed by atoms with van der Waals surface area (Å²) in [5.74, 6) is -2.16. The van der Waals surface area contributed by atoms with Crippen LogP contribution in [-0.2, 0) is 30.3 Å². The number of alkyl carbamates (subject to hydrolysis) is 1. The molecule has 1 aromatic rings. The molecule has 0 radical (unpaired) electrons. The van der Waals surface area contributed by atoms with Crippen LogP contribution in [0.2, 0.25) is 0 Å². The second-order valence-electron chi connectivity index (χ2n) is 11.6. The third-order valence-electron chi connectivity index (χ3n) is 6.84. The monoisotopic (exact) mass is 562 g/mol. The van der Waals surface area contributed by atoms with Gasteiger partial charge in [0.05, 0.1) is 25.2 Å². The second-order valence-corrected chi connectivity index (χ2v) is 11.6. The summed E-state index contributed by atoms with van der Waals surface area (Å²) < 4.78 is 10.7. The zero-order valence-corrected chi connectivity index (χ0v) is 24.0. The van der Waals surface area contributed by atoms with E-state index in [1.165, 1.54) is 0 Å². The van der Waals surface area contributed by atoms with Gasteiger partial charge in [0, 0.05) is 6.42 Å². The Morgan fingerprint density at radius 3 is 2.33 bits per heavy atom. The zero-order chi connectivity index (χ0) is 29.5. The van der Waals surface area contributed by atoms with E-state index >= 15 is 0 Å². The molecule has 2 rings (SSSR count). The normalized spacial score (nSPS) is 16.3. The lowest BCUT2D eigenvalue weighted by Crippen LogP contribution is -2.49. The molecular weight excluding hydrogens is 516 g/mol. The van der Waals surface area contributed by atoms with E-state index in [2.05, 4.69) is 10.6 Å². The number of amides is 2. The van der Waals surface area contributed by atoms with Crippen molar-refractivity contribution in [2.75, 3.05) is 6.61 Å². The highest BCUT2D eigenvalue weighted by Crippen LogP contribution is 2.28. The van der Waals surface area contributed by atoms with Gasteiger partial charge in [-0.25, -0.2) is 9.59 Å². The first-order valence-corrected chi connectivity index (χ1v) is 14.3. The van der Waals surface area contributed by atoms with E-state index in [9.17, 15) is 24.3 Å². The first kappa shape index (κ1) is 33.1. The molecule has 0 spiro atoms. The molecule has 1 aromatic carbocycles. The lowest BCUT2D eigenvalue weighted by atomic mass is 9.83. The minimum atomic E-state index is -1.23. The summed E-state index contributed by atoms with van der Waals surface area (Å²) in [5.41, 5.74) is 0.381. The number of hydrogen-bond acceptors (Lipinski definition) is 7. The third-order valence-corrected chi connectivity index (χ3v) is 6.84. The van der Waals surface area contributed by atoms with Gasteiger partial charge < -0.3 is 30.3 Å². The molecule has 2 unspecified atom stereocenters. The minimum absolute atomic E-state index is 0.124. The summed E-state index contributed by atoms with van der Waals surface area (Å²) in [6, 6.07) is 7.84. The zero-order valence-electron chi connectivity index (χ0n) is 24.0. The fraction of sp³-hybridized carbons (Fsp3) is 0.667. The number of esters is 1. The number of hydrogen-bond donors (Lipinski definition) is 4. The van der Waals surface area contributed by atoms with Crippen LogP contribution in [-0.4, -0.2) is 64.5 Å². The van der Waals surface area contributed by atoms with E-state index in [0.717, 1.165) is 37.7 Å². The van der Waals surface area contributed by atoms with Crippen molar-refractivity contribution < 1.29 is 38.9 Å². The lowest BCUT2D eigenvalue weighted by molar-refractivity contribution is -0.149. The highest BCUT2D eigenvalue weighted by Gasteiger charge is 2.31. The Balaban J connectivity index is 1.96. The van der Waals surface area contributed by atoms with Crippen molar-refractivity contribution >= 4 is 23.9 Å². The van der Waals surface area contributed by atoms with Crippen molar-refractivity contribution in [1.29, 1.82) is 0 Å². The number of carbonyl (C=O) groups is 4. The van der Waals surface area contributed by atoms with Gasteiger partial charge in [0.1, 0.15) is 11.6 Å². The molecule has 2 amide bonds. The molecule has 10 nitrogen and oxygen atoms in total. The molecule has 4 N–H and O–H groups in total. The summed E-state index contributed by atoms with van der Waals surface area (Å²) in [6.07, 6.45) is 4.32. The van der Waals surface area contributed by atoms with Crippen molar-refractivity contribution in [2.45, 2.75) is 115 Å². The number of ether oxygens (including phenoxy) is 2. The third kappa shape index (κ3) is 13.8. The van der Waals surface area contributed by atoms with E-state index in [0.29, 0.717) is 25.2 Å². The van der Waals surface area contributed by atoms with Gasteiger partial charge in [-0.3, -0.25) is 9.59 Å². The fourth-order valence-corrected chi connectivity index (χ4v) is 4.85. The predicted molar refractivity (Wildman–Crippen MR) is 149 cm³/mol. The number of nitrogens with one attached hydrogen (secondary N) is 2. The number of carbonyl (C=O) groups excluding carboxylic acids is 3. The van der Waals surface area contributed by atoms with Gasteiger partial charge >= 0.3 is 18.0 Å². The Kier molecular flexibility index (Phi) is 13.9. The number of aliphatic carboxylic acids is 1. The van der Waals surface area contributed by atoms with Crippen LogP contribution in [0, 0.1) is 5.92 Å².